The van der Waals surface area contributed by atoms with Gasteiger partial charge in [0.2, 0.25) is 12.0 Å². The van der Waals surface area contributed by atoms with Crippen LogP contribution < -0.4 is 0 Å². The predicted octanol–water partition coefficient (Wildman–Crippen LogP) is 3.01. The average Bonchev–Trinajstić information content (AvgIpc) is 3.45. The van der Waals surface area contributed by atoms with Crippen LogP contribution in [0.5, 0.6) is 0 Å². The first-order chi connectivity index (χ1) is 15.1. The Morgan fingerprint density at radius 1 is 1.10 bits per heavy atom. The zero-order chi connectivity index (χ0) is 21.8. The highest BCUT2D eigenvalue weighted by Gasteiger charge is 2.33. The molecule has 1 aliphatic rings. The summed E-state index contributed by atoms with van der Waals surface area (Å²) in [6.45, 7) is 3.30. The van der Waals surface area contributed by atoms with Gasteiger partial charge >= 0.3 is 5.97 Å². The molecule has 8 nitrogen and oxygen atoms in total. The largest absolute Gasteiger partial charge is 0.444 e. The van der Waals surface area contributed by atoms with Gasteiger partial charge < -0.3 is 18.8 Å². The number of hydrogen-bond acceptors (Lipinski definition) is 6. The summed E-state index contributed by atoms with van der Waals surface area (Å²) in [7, 11) is 0. The van der Waals surface area contributed by atoms with Gasteiger partial charge in [-0.2, -0.15) is 5.26 Å². The van der Waals surface area contributed by atoms with E-state index >= 15 is 0 Å². The number of amides is 1. The van der Waals surface area contributed by atoms with Crippen molar-refractivity contribution in [2.45, 2.75) is 13.0 Å². The lowest BCUT2D eigenvalue weighted by Crippen LogP contribution is -2.44. The van der Waals surface area contributed by atoms with E-state index in [2.05, 4.69) is 0 Å². The SMILES string of the molecule is Cc1oc(-n2cccc2)c(C#N)c1C(=O)O[C@H](C(=O)N1CCOCC1)c1ccccc1. The van der Waals surface area contributed by atoms with Crippen LogP contribution >= 0.6 is 0 Å². The molecule has 1 saturated heterocycles. The van der Waals surface area contributed by atoms with Gasteiger partial charge in [-0.25, -0.2) is 4.79 Å². The maximum absolute atomic E-state index is 13.2. The van der Waals surface area contributed by atoms with E-state index in [1.807, 2.05) is 12.1 Å². The Labute approximate surface area is 179 Å². The first kappa shape index (κ1) is 20.4. The molecule has 0 spiro atoms. The van der Waals surface area contributed by atoms with Crippen molar-refractivity contribution in [3.8, 4) is 12.0 Å². The minimum Gasteiger partial charge on any atom is -0.444 e. The third kappa shape index (κ3) is 4.09. The number of carbonyl (C=O) groups is 2. The van der Waals surface area contributed by atoms with Gasteiger partial charge in [-0.3, -0.25) is 9.36 Å². The number of hydrogen-bond donors (Lipinski definition) is 0. The van der Waals surface area contributed by atoms with Crippen molar-refractivity contribution in [2.75, 3.05) is 26.3 Å². The van der Waals surface area contributed by atoms with E-state index in [1.54, 1.807) is 65.2 Å². The topological polar surface area (TPSA) is 97.7 Å². The van der Waals surface area contributed by atoms with Gasteiger partial charge in [-0.05, 0) is 19.1 Å². The Kier molecular flexibility index (Phi) is 5.87. The van der Waals surface area contributed by atoms with Crippen molar-refractivity contribution >= 4 is 11.9 Å². The van der Waals surface area contributed by atoms with Gasteiger partial charge in [0, 0.05) is 31.0 Å². The van der Waals surface area contributed by atoms with E-state index in [0.29, 0.717) is 31.9 Å². The molecule has 0 N–H and O–H groups in total. The fourth-order valence-corrected chi connectivity index (χ4v) is 3.54. The molecule has 0 unspecified atom stereocenters. The lowest BCUT2D eigenvalue weighted by Gasteiger charge is -2.30. The number of aryl methyl sites for hydroxylation is 1. The molecule has 31 heavy (non-hydrogen) atoms. The number of ether oxygens (including phenoxy) is 2. The van der Waals surface area contributed by atoms with Crippen molar-refractivity contribution in [1.82, 2.24) is 9.47 Å². The Balaban J connectivity index is 1.67. The molecule has 158 valence electrons. The Bertz CT molecular complexity index is 1110. The molecular weight excluding hydrogens is 398 g/mol. The molecule has 0 bridgehead atoms. The van der Waals surface area contributed by atoms with Crippen LogP contribution in [0.15, 0.2) is 59.3 Å². The number of rotatable bonds is 5. The molecule has 0 radical (unpaired) electrons. The molecule has 1 atom stereocenters. The first-order valence-corrected chi connectivity index (χ1v) is 9.89. The molecule has 4 rings (SSSR count). The van der Waals surface area contributed by atoms with Crippen LogP contribution in [0.2, 0.25) is 0 Å². The smallest absolute Gasteiger partial charge is 0.344 e. The zero-order valence-electron chi connectivity index (χ0n) is 17.0. The van der Waals surface area contributed by atoms with Gasteiger partial charge in [0.15, 0.2) is 0 Å². The fourth-order valence-electron chi connectivity index (χ4n) is 3.54. The summed E-state index contributed by atoms with van der Waals surface area (Å²) in [5.41, 5.74) is 0.629. The molecule has 3 aromatic rings. The van der Waals surface area contributed by atoms with Crippen LogP contribution in [-0.2, 0) is 14.3 Å². The van der Waals surface area contributed by atoms with Crippen LogP contribution in [-0.4, -0.2) is 47.6 Å². The third-order valence-corrected chi connectivity index (χ3v) is 5.09. The standard InChI is InChI=1S/C23H21N3O5/c1-16-19(18(15-24)22(30-16)26-9-5-6-10-26)23(28)31-20(17-7-3-2-4-8-17)21(27)25-11-13-29-14-12-25/h2-10,20H,11-14H2,1H3/t20-/m0/s1. The quantitative estimate of drug-likeness (QED) is 0.590. The highest BCUT2D eigenvalue weighted by atomic mass is 16.5. The first-order valence-electron chi connectivity index (χ1n) is 9.89. The summed E-state index contributed by atoms with van der Waals surface area (Å²) in [5, 5.41) is 9.70. The van der Waals surface area contributed by atoms with E-state index in [1.165, 1.54) is 0 Å². The second kappa shape index (κ2) is 8.90. The number of carbonyl (C=O) groups excluding carboxylic acids is 2. The normalized spacial score (nSPS) is 14.6. The molecule has 2 aromatic heterocycles. The van der Waals surface area contributed by atoms with E-state index in [9.17, 15) is 14.9 Å². The fraction of sp³-hybridized carbons (Fsp3) is 0.261. The summed E-state index contributed by atoms with van der Waals surface area (Å²) in [4.78, 5) is 28.0. The molecular formula is C23H21N3O5. The molecule has 1 aliphatic heterocycles. The molecule has 1 amide bonds. The summed E-state index contributed by atoms with van der Waals surface area (Å²) in [5.74, 6) is -0.636. The lowest BCUT2D eigenvalue weighted by atomic mass is 10.1. The highest BCUT2D eigenvalue weighted by molar-refractivity contribution is 5.96. The van der Waals surface area contributed by atoms with Crippen molar-refractivity contribution in [3.63, 3.8) is 0 Å². The van der Waals surface area contributed by atoms with E-state index in [0.717, 1.165) is 0 Å². The minimum absolute atomic E-state index is 0.0157. The van der Waals surface area contributed by atoms with Gasteiger partial charge in [0.05, 0.1) is 13.2 Å². The van der Waals surface area contributed by atoms with Crippen LogP contribution in [0.3, 0.4) is 0 Å². The van der Waals surface area contributed by atoms with Gasteiger partial charge in [0.1, 0.15) is 23.0 Å². The molecule has 0 saturated carbocycles. The highest BCUT2D eigenvalue weighted by Crippen LogP contribution is 2.29. The monoisotopic (exact) mass is 419 g/mol. The second-order valence-electron chi connectivity index (χ2n) is 7.05. The van der Waals surface area contributed by atoms with Crippen molar-refractivity contribution in [1.29, 1.82) is 5.26 Å². The van der Waals surface area contributed by atoms with E-state index in [4.69, 9.17) is 13.9 Å². The molecule has 1 aromatic carbocycles. The Morgan fingerprint density at radius 2 is 1.77 bits per heavy atom. The number of benzene rings is 1. The second-order valence-corrected chi connectivity index (χ2v) is 7.05. The summed E-state index contributed by atoms with van der Waals surface area (Å²) >= 11 is 0. The maximum atomic E-state index is 13.2. The Hall–Kier alpha value is -3.83. The van der Waals surface area contributed by atoms with Crippen LogP contribution in [0.1, 0.15) is 33.3 Å². The number of aromatic nitrogens is 1. The number of morpholine rings is 1. The molecule has 3 heterocycles. The Morgan fingerprint density at radius 3 is 2.42 bits per heavy atom. The average molecular weight is 419 g/mol. The predicted molar refractivity (Wildman–Crippen MR) is 109 cm³/mol. The third-order valence-electron chi connectivity index (χ3n) is 5.09. The summed E-state index contributed by atoms with van der Waals surface area (Å²) in [6, 6.07) is 14.4. The number of nitriles is 1. The lowest BCUT2D eigenvalue weighted by molar-refractivity contribution is -0.145. The van der Waals surface area contributed by atoms with Crippen LogP contribution in [0.4, 0.5) is 0 Å². The van der Waals surface area contributed by atoms with Crippen LogP contribution in [0.25, 0.3) is 5.88 Å². The number of esters is 1. The van der Waals surface area contributed by atoms with Crippen LogP contribution in [0, 0.1) is 18.3 Å². The number of furan rings is 1. The minimum atomic E-state index is -1.14. The summed E-state index contributed by atoms with van der Waals surface area (Å²) in [6.07, 6.45) is 2.29. The molecule has 1 fully saturated rings. The maximum Gasteiger partial charge on any atom is 0.344 e. The van der Waals surface area contributed by atoms with E-state index < -0.39 is 12.1 Å². The molecule has 8 heteroatoms. The number of nitrogens with zero attached hydrogens (tertiary/aromatic N) is 3. The van der Waals surface area contributed by atoms with E-state index in [-0.39, 0.29) is 28.7 Å². The van der Waals surface area contributed by atoms with Crippen molar-refractivity contribution in [3.05, 3.63) is 77.3 Å². The van der Waals surface area contributed by atoms with Gasteiger partial charge in [0.25, 0.3) is 5.91 Å². The van der Waals surface area contributed by atoms with Gasteiger partial charge in [-0.15, -0.1) is 0 Å². The molecule has 0 aliphatic carbocycles. The summed E-state index contributed by atoms with van der Waals surface area (Å²) < 4.78 is 18.3. The van der Waals surface area contributed by atoms with Gasteiger partial charge in [-0.1, -0.05) is 30.3 Å². The van der Waals surface area contributed by atoms with Crippen molar-refractivity contribution < 1.29 is 23.5 Å². The zero-order valence-corrected chi connectivity index (χ0v) is 17.0. The van der Waals surface area contributed by atoms with Crippen molar-refractivity contribution in [2.24, 2.45) is 0 Å².